The molecule has 0 radical (unpaired) electrons. The number of thiocarbonyl (C=S) groups is 1. The van der Waals surface area contributed by atoms with E-state index in [1.807, 2.05) is 24.3 Å². The molecule has 0 bridgehead atoms. The number of aromatic carboxylic acids is 1. The van der Waals surface area contributed by atoms with E-state index in [2.05, 4.69) is 10.2 Å². The van der Waals surface area contributed by atoms with Crippen molar-refractivity contribution in [3.63, 3.8) is 0 Å². The SMILES string of the molecule is O=C(CCN1C(=O)C(=Cc2cc(-c3ccc(Cl)c(Cl)c3)ccc2OCCN2CCOCC2)SC1=S)Nc1ccc(C(=O)O)c(F)c1. The summed E-state index contributed by atoms with van der Waals surface area (Å²) >= 11 is 19.0. The van der Waals surface area contributed by atoms with Crippen molar-refractivity contribution in [2.75, 3.05) is 51.3 Å². The van der Waals surface area contributed by atoms with Gasteiger partial charge in [-0.15, -0.1) is 0 Å². The molecular formula is C32H28Cl2FN3O6S2. The number of morpholine rings is 1. The molecule has 2 heterocycles. The van der Waals surface area contributed by atoms with Crippen LogP contribution in [-0.4, -0.2) is 83.0 Å². The van der Waals surface area contributed by atoms with Crippen LogP contribution in [-0.2, 0) is 14.3 Å². The lowest BCUT2D eigenvalue weighted by atomic mass is 10.0. The normalized spacial score (nSPS) is 16.2. The molecule has 0 saturated carbocycles. The summed E-state index contributed by atoms with van der Waals surface area (Å²) in [5.41, 5.74) is 1.93. The lowest BCUT2D eigenvalue weighted by Crippen LogP contribution is -2.38. The largest absolute Gasteiger partial charge is 0.492 e. The van der Waals surface area contributed by atoms with Crippen molar-refractivity contribution in [1.29, 1.82) is 0 Å². The van der Waals surface area contributed by atoms with Gasteiger partial charge in [0.1, 0.15) is 22.5 Å². The predicted molar refractivity (Wildman–Crippen MR) is 181 cm³/mol. The Morgan fingerprint density at radius 2 is 1.78 bits per heavy atom. The number of nitrogens with one attached hydrogen (secondary N) is 1. The number of carbonyl (C=O) groups is 3. The fourth-order valence-electron chi connectivity index (χ4n) is 4.79. The standard InChI is InChI=1S/C32H28Cl2FN3O6S2/c33-24-5-1-20(16-25(24)34)19-2-6-27(44-14-11-37-9-12-43-13-10-37)21(15-19)17-28-30(40)38(32(45)46-28)8-7-29(39)36-22-3-4-23(31(41)42)26(35)18-22/h1-6,15-18H,7-14H2,(H,36,39)(H,41,42). The van der Waals surface area contributed by atoms with Gasteiger partial charge < -0.3 is 19.9 Å². The van der Waals surface area contributed by atoms with Crippen LogP contribution in [0, 0.1) is 5.82 Å². The number of anilines is 1. The molecule has 9 nitrogen and oxygen atoms in total. The summed E-state index contributed by atoms with van der Waals surface area (Å²) in [6.07, 6.45) is 1.60. The highest BCUT2D eigenvalue weighted by Gasteiger charge is 2.32. The van der Waals surface area contributed by atoms with E-state index in [-0.39, 0.29) is 28.9 Å². The first-order valence-corrected chi connectivity index (χ1v) is 16.2. The van der Waals surface area contributed by atoms with Gasteiger partial charge in [-0.2, -0.15) is 0 Å². The van der Waals surface area contributed by atoms with E-state index in [9.17, 15) is 18.8 Å². The van der Waals surface area contributed by atoms with Crippen LogP contribution < -0.4 is 10.1 Å². The second-order valence-corrected chi connectivity index (χ2v) is 12.8. The minimum Gasteiger partial charge on any atom is -0.492 e. The summed E-state index contributed by atoms with van der Waals surface area (Å²) in [4.78, 5) is 41.0. The van der Waals surface area contributed by atoms with Crippen LogP contribution in [0.3, 0.4) is 0 Å². The van der Waals surface area contributed by atoms with Crippen molar-refractivity contribution in [2.24, 2.45) is 0 Å². The molecule has 5 rings (SSSR count). The van der Waals surface area contributed by atoms with Crippen molar-refractivity contribution in [2.45, 2.75) is 6.42 Å². The number of ether oxygens (including phenoxy) is 2. The van der Waals surface area contributed by atoms with E-state index in [0.717, 1.165) is 54.7 Å². The highest BCUT2D eigenvalue weighted by Crippen LogP contribution is 2.37. The number of thioether (sulfide) groups is 1. The molecule has 3 aromatic rings. The summed E-state index contributed by atoms with van der Waals surface area (Å²) in [5.74, 6) is -2.65. The Hall–Kier alpha value is -3.52. The maximum absolute atomic E-state index is 14.0. The zero-order valence-corrected chi connectivity index (χ0v) is 27.4. The van der Waals surface area contributed by atoms with E-state index in [1.165, 1.54) is 11.0 Å². The molecule has 240 valence electrons. The first-order valence-electron chi connectivity index (χ1n) is 14.2. The molecule has 0 spiro atoms. The number of hydrogen-bond acceptors (Lipinski definition) is 8. The van der Waals surface area contributed by atoms with Gasteiger partial charge in [0, 0.05) is 43.9 Å². The average Bonchev–Trinajstić information content (AvgIpc) is 3.29. The third kappa shape index (κ3) is 8.44. The summed E-state index contributed by atoms with van der Waals surface area (Å²) in [5, 5.41) is 12.4. The highest BCUT2D eigenvalue weighted by atomic mass is 35.5. The molecule has 0 unspecified atom stereocenters. The van der Waals surface area contributed by atoms with Gasteiger partial charge in [-0.05, 0) is 59.7 Å². The lowest BCUT2D eigenvalue weighted by molar-refractivity contribution is -0.122. The van der Waals surface area contributed by atoms with Crippen LogP contribution in [0.15, 0.2) is 59.5 Å². The molecule has 0 atom stereocenters. The molecule has 3 aromatic carbocycles. The quantitative estimate of drug-likeness (QED) is 0.172. The number of carbonyl (C=O) groups excluding carboxylic acids is 2. The number of benzene rings is 3. The number of hydrogen-bond donors (Lipinski definition) is 2. The molecule has 14 heteroatoms. The van der Waals surface area contributed by atoms with Gasteiger partial charge in [-0.1, -0.05) is 59.3 Å². The molecule has 2 saturated heterocycles. The Kier molecular flexibility index (Phi) is 11.3. The molecular weight excluding hydrogens is 676 g/mol. The Balaban J connectivity index is 1.30. The molecule has 0 aliphatic carbocycles. The van der Waals surface area contributed by atoms with Crippen LogP contribution in [0.2, 0.25) is 10.0 Å². The summed E-state index contributed by atoms with van der Waals surface area (Å²) in [7, 11) is 0. The topological polar surface area (TPSA) is 108 Å². The molecule has 2 aliphatic rings. The fraction of sp³-hybridized carbons (Fsp3) is 0.250. The van der Waals surface area contributed by atoms with Crippen molar-refractivity contribution < 1.29 is 33.4 Å². The number of carboxylic acids is 1. The van der Waals surface area contributed by atoms with Gasteiger partial charge >= 0.3 is 5.97 Å². The van der Waals surface area contributed by atoms with E-state index in [4.69, 9.17) is 50.0 Å². The highest BCUT2D eigenvalue weighted by molar-refractivity contribution is 8.26. The van der Waals surface area contributed by atoms with Gasteiger partial charge in [-0.3, -0.25) is 19.4 Å². The second kappa shape index (κ2) is 15.4. The summed E-state index contributed by atoms with van der Waals surface area (Å²) < 4.78 is 25.9. The fourth-order valence-corrected chi connectivity index (χ4v) is 6.39. The smallest absolute Gasteiger partial charge is 0.338 e. The number of rotatable bonds is 11. The van der Waals surface area contributed by atoms with Crippen LogP contribution in [0.4, 0.5) is 10.1 Å². The Bertz CT molecular complexity index is 1720. The maximum Gasteiger partial charge on any atom is 0.338 e. The lowest BCUT2D eigenvalue weighted by Gasteiger charge is -2.26. The minimum absolute atomic E-state index is 0.00422. The monoisotopic (exact) mass is 703 g/mol. The van der Waals surface area contributed by atoms with Gasteiger partial charge in [0.2, 0.25) is 5.91 Å². The van der Waals surface area contributed by atoms with Gasteiger partial charge in [-0.25, -0.2) is 9.18 Å². The summed E-state index contributed by atoms with van der Waals surface area (Å²) in [6, 6.07) is 14.3. The van der Waals surface area contributed by atoms with Crippen molar-refractivity contribution in [1.82, 2.24) is 9.80 Å². The summed E-state index contributed by atoms with van der Waals surface area (Å²) in [6.45, 7) is 4.19. The Morgan fingerprint density at radius 3 is 2.50 bits per heavy atom. The van der Waals surface area contributed by atoms with Crippen LogP contribution in [0.5, 0.6) is 5.75 Å². The number of halogens is 3. The third-order valence-electron chi connectivity index (χ3n) is 7.24. The second-order valence-electron chi connectivity index (χ2n) is 10.3. The maximum atomic E-state index is 14.0. The van der Waals surface area contributed by atoms with Gasteiger partial charge in [0.25, 0.3) is 5.91 Å². The average molecular weight is 705 g/mol. The van der Waals surface area contributed by atoms with Crippen molar-refractivity contribution in [3.8, 4) is 16.9 Å². The first kappa shape index (κ1) is 33.8. The minimum atomic E-state index is -1.41. The number of amides is 2. The van der Waals surface area contributed by atoms with Crippen LogP contribution in [0.1, 0.15) is 22.3 Å². The Labute approximate surface area is 284 Å². The molecule has 2 aliphatic heterocycles. The molecule has 0 aromatic heterocycles. The molecule has 46 heavy (non-hydrogen) atoms. The van der Waals surface area contributed by atoms with Gasteiger partial charge in [0.05, 0.1) is 33.7 Å². The van der Waals surface area contributed by atoms with Crippen molar-refractivity contribution in [3.05, 3.63) is 86.5 Å². The first-order chi connectivity index (χ1) is 22.1. The van der Waals surface area contributed by atoms with Gasteiger partial charge in [0.15, 0.2) is 0 Å². The molecule has 2 fully saturated rings. The number of carboxylic acid groups (broad SMARTS) is 1. The van der Waals surface area contributed by atoms with E-state index >= 15 is 0 Å². The van der Waals surface area contributed by atoms with Crippen molar-refractivity contribution >= 4 is 81.0 Å². The molecule has 2 N–H and O–H groups in total. The Morgan fingerprint density at radius 1 is 1.04 bits per heavy atom. The van der Waals surface area contributed by atoms with E-state index < -0.39 is 23.3 Å². The van der Waals surface area contributed by atoms with E-state index in [0.29, 0.717) is 46.1 Å². The predicted octanol–water partition coefficient (Wildman–Crippen LogP) is 6.44. The van der Waals surface area contributed by atoms with Crippen LogP contribution in [0.25, 0.3) is 17.2 Å². The molecule has 2 amide bonds. The van der Waals surface area contributed by atoms with Crippen LogP contribution >= 0.6 is 47.2 Å². The third-order valence-corrected chi connectivity index (χ3v) is 9.35. The van der Waals surface area contributed by atoms with E-state index in [1.54, 1.807) is 18.2 Å². The zero-order chi connectivity index (χ0) is 32.8. The zero-order valence-electron chi connectivity index (χ0n) is 24.3. The number of nitrogens with zero attached hydrogens (tertiary/aromatic N) is 2.